The Hall–Kier alpha value is 0.0969. The van der Waals surface area contributed by atoms with Gasteiger partial charge in [0.05, 0.1) is 6.23 Å². The Morgan fingerprint density at radius 1 is 1.22 bits per heavy atom. The third-order valence-electron chi connectivity index (χ3n) is 0.740. The van der Waals surface area contributed by atoms with Gasteiger partial charge in [0.1, 0.15) is 0 Å². The van der Waals surface area contributed by atoms with Crippen LogP contribution in [0, 0.1) is 0 Å². The molecule has 0 bridgehead atoms. The van der Waals surface area contributed by atoms with Gasteiger partial charge in [0.25, 0.3) is 0 Å². The monoisotopic (exact) mass is 149 g/mol. The highest BCUT2D eigenvalue weighted by Crippen LogP contribution is 1.86. The fraction of sp³-hybridized carbons (Fsp3) is 1.00. The third-order valence-corrected chi connectivity index (χ3v) is 2.22. The first-order chi connectivity index (χ1) is 4.35. The molecule has 0 amide bonds. The summed E-state index contributed by atoms with van der Waals surface area (Å²) in [6.45, 7) is 5.02. The fourth-order valence-electron chi connectivity index (χ4n) is 0.455. The lowest BCUT2D eigenvalue weighted by Gasteiger charge is -2.08. The molecule has 0 aliphatic heterocycles. The SMILES string of the molecule is CCO[Si](CO)OCC. The number of hydrogen-bond acceptors (Lipinski definition) is 3. The first-order valence-corrected chi connectivity index (χ1v) is 4.59. The molecule has 1 N–H and O–H groups in total. The maximum atomic E-state index is 8.58. The van der Waals surface area contributed by atoms with Gasteiger partial charge in [0.15, 0.2) is 0 Å². The molecule has 0 aromatic heterocycles. The Bertz CT molecular complexity index is 54.2. The van der Waals surface area contributed by atoms with Crippen LogP contribution in [0.1, 0.15) is 13.8 Å². The Kier molecular flexibility index (Phi) is 6.29. The zero-order chi connectivity index (χ0) is 7.11. The van der Waals surface area contributed by atoms with Crippen LogP contribution < -0.4 is 0 Å². The van der Waals surface area contributed by atoms with Crippen molar-refractivity contribution < 1.29 is 14.0 Å². The predicted octanol–water partition coefficient (Wildman–Crippen LogP) is 0.0791. The second-order valence-corrected chi connectivity index (χ2v) is 3.03. The van der Waals surface area contributed by atoms with Crippen molar-refractivity contribution in [1.82, 2.24) is 0 Å². The van der Waals surface area contributed by atoms with Crippen molar-refractivity contribution >= 4 is 9.28 Å². The largest absolute Gasteiger partial charge is 0.412 e. The van der Waals surface area contributed by atoms with E-state index in [0.29, 0.717) is 13.2 Å². The maximum absolute atomic E-state index is 8.58. The molecule has 55 valence electrons. The molecule has 0 aliphatic rings. The van der Waals surface area contributed by atoms with Crippen LogP contribution in [-0.4, -0.2) is 33.8 Å². The zero-order valence-electron chi connectivity index (χ0n) is 5.89. The summed E-state index contributed by atoms with van der Waals surface area (Å²) in [4.78, 5) is 0. The lowest BCUT2D eigenvalue weighted by molar-refractivity contribution is 0.182. The highest BCUT2D eigenvalue weighted by atomic mass is 28.3. The van der Waals surface area contributed by atoms with Gasteiger partial charge in [0.2, 0.25) is 0 Å². The first kappa shape index (κ1) is 9.10. The van der Waals surface area contributed by atoms with E-state index in [4.69, 9.17) is 14.0 Å². The van der Waals surface area contributed by atoms with E-state index in [1.54, 1.807) is 0 Å². The number of hydrogen-bond donors (Lipinski definition) is 1. The van der Waals surface area contributed by atoms with Crippen LogP contribution in [0.3, 0.4) is 0 Å². The van der Waals surface area contributed by atoms with E-state index in [-0.39, 0.29) is 6.23 Å². The molecule has 4 heteroatoms. The van der Waals surface area contributed by atoms with Gasteiger partial charge >= 0.3 is 9.28 Å². The zero-order valence-corrected chi connectivity index (χ0v) is 6.89. The highest BCUT2D eigenvalue weighted by Gasteiger charge is 2.11. The summed E-state index contributed by atoms with van der Waals surface area (Å²) >= 11 is 0. The average Bonchev–Trinajstić information content (AvgIpc) is 1.88. The Labute approximate surface area is 57.4 Å². The Morgan fingerprint density at radius 3 is 1.89 bits per heavy atom. The van der Waals surface area contributed by atoms with Crippen molar-refractivity contribution in [2.75, 3.05) is 19.4 Å². The highest BCUT2D eigenvalue weighted by molar-refractivity contribution is 6.44. The predicted molar refractivity (Wildman–Crippen MR) is 36.1 cm³/mol. The van der Waals surface area contributed by atoms with Crippen LogP contribution in [0.2, 0.25) is 0 Å². The van der Waals surface area contributed by atoms with Gasteiger partial charge in [-0.2, -0.15) is 0 Å². The van der Waals surface area contributed by atoms with Crippen molar-refractivity contribution in [3.05, 3.63) is 0 Å². The lowest BCUT2D eigenvalue weighted by Crippen LogP contribution is -2.27. The van der Waals surface area contributed by atoms with Gasteiger partial charge in [0, 0.05) is 13.2 Å². The summed E-state index contributed by atoms with van der Waals surface area (Å²) in [5, 5.41) is 8.58. The molecule has 0 aromatic rings. The van der Waals surface area contributed by atoms with E-state index in [9.17, 15) is 0 Å². The van der Waals surface area contributed by atoms with Gasteiger partial charge in [-0.05, 0) is 13.8 Å². The molecule has 0 spiro atoms. The van der Waals surface area contributed by atoms with Crippen molar-refractivity contribution in [2.45, 2.75) is 13.8 Å². The Morgan fingerprint density at radius 2 is 1.67 bits per heavy atom. The molecule has 0 heterocycles. The molecule has 0 aliphatic carbocycles. The van der Waals surface area contributed by atoms with Crippen LogP contribution in [0.4, 0.5) is 0 Å². The summed E-state index contributed by atoms with van der Waals surface area (Å²) < 4.78 is 10.1. The molecule has 0 saturated carbocycles. The van der Waals surface area contributed by atoms with E-state index >= 15 is 0 Å². The molecular formula is C5H13O3Si. The minimum absolute atomic E-state index is 0.0341. The van der Waals surface area contributed by atoms with E-state index in [1.165, 1.54) is 0 Å². The molecule has 1 radical (unpaired) electrons. The second kappa shape index (κ2) is 6.22. The summed E-state index contributed by atoms with van der Waals surface area (Å²) in [5.74, 6) is 0. The van der Waals surface area contributed by atoms with Crippen LogP contribution in [0.15, 0.2) is 0 Å². The van der Waals surface area contributed by atoms with Crippen LogP contribution in [0.25, 0.3) is 0 Å². The number of aliphatic hydroxyl groups is 1. The van der Waals surface area contributed by atoms with Gasteiger partial charge in [-0.15, -0.1) is 0 Å². The van der Waals surface area contributed by atoms with E-state index in [1.807, 2.05) is 13.8 Å². The standard InChI is InChI=1S/C5H13O3Si/c1-3-7-9(5-6)8-4-2/h6H,3-5H2,1-2H3. The van der Waals surface area contributed by atoms with Gasteiger partial charge < -0.3 is 14.0 Å². The normalized spacial score (nSPS) is 10.7. The summed E-state index contributed by atoms with van der Waals surface area (Å²) in [7, 11) is -1.33. The molecule has 0 saturated heterocycles. The molecule has 3 nitrogen and oxygen atoms in total. The molecular weight excluding hydrogens is 136 g/mol. The molecule has 0 atom stereocenters. The van der Waals surface area contributed by atoms with Crippen molar-refractivity contribution in [1.29, 1.82) is 0 Å². The maximum Gasteiger partial charge on any atom is 0.412 e. The van der Waals surface area contributed by atoms with E-state index < -0.39 is 9.28 Å². The summed E-state index contributed by atoms with van der Waals surface area (Å²) in [6, 6.07) is 0. The quantitative estimate of drug-likeness (QED) is 0.563. The van der Waals surface area contributed by atoms with Crippen LogP contribution in [-0.2, 0) is 8.85 Å². The third kappa shape index (κ3) is 4.59. The van der Waals surface area contributed by atoms with E-state index in [0.717, 1.165) is 0 Å². The van der Waals surface area contributed by atoms with Crippen molar-refractivity contribution in [3.8, 4) is 0 Å². The molecule has 0 aromatic carbocycles. The van der Waals surface area contributed by atoms with E-state index in [2.05, 4.69) is 0 Å². The van der Waals surface area contributed by atoms with Crippen LogP contribution >= 0.6 is 0 Å². The van der Waals surface area contributed by atoms with Gasteiger partial charge in [-0.25, -0.2) is 0 Å². The topological polar surface area (TPSA) is 38.7 Å². The smallest absolute Gasteiger partial charge is 0.395 e. The molecule has 0 rings (SSSR count). The summed E-state index contributed by atoms with van der Waals surface area (Å²) in [5.41, 5.74) is 0. The van der Waals surface area contributed by atoms with Gasteiger partial charge in [-0.1, -0.05) is 0 Å². The van der Waals surface area contributed by atoms with Crippen molar-refractivity contribution in [3.63, 3.8) is 0 Å². The summed E-state index contributed by atoms with van der Waals surface area (Å²) in [6.07, 6.45) is 0.0341. The average molecular weight is 149 g/mol. The molecule has 0 unspecified atom stereocenters. The molecule has 9 heavy (non-hydrogen) atoms. The Balaban J connectivity index is 3.18. The lowest BCUT2D eigenvalue weighted by atomic mass is 10.9. The van der Waals surface area contributed by atoms with Gasteiger partial charge in [-0.3, -0.25) is 0 Å². The first-order valence-electron chi connectivity index (χ1n) is 3.07. The minimum atomic E-state index is -1.33. The van der Waals surface area contributed by atoms with Crippen LogP contribution in [0.5, 0.6) is 0 Å². The molecule has 0 fully saturated rings. The number of aliphatic hydroxyl groups excluding tert-OH is 1. The fourth-order valence-corrected chi connectivity index (χ4v) is 1.36. The second-order valence-electron chi connectivity index (χ2n) is 1.40. The minimum Gasteiger partial charge on any atom is -0.395 e. The van der Waals surface area contributed by atoms with Crippen molar-refractivity contribution in [2.24, 2.45) is 0 Å². The number of rotatable bonds is 5.